The lowest BCUT2D eigenvalue weighted by Crippen LogP contribution is -2.03. The number of hydrogen-bond acceptors (Lipinski definition) is 3. The summed E-state index contributed by atoms with van der Waals surface area (Å²) >= 11 is 0. The van der Waals surface area contributed by atoms with Crippen molar-refractivity contribution < 1.29 is 8.78 Å². The van der Waals surface area contributed by atoms with E-state index in [1.54, 1.807) is 0 Å². The highest BCUT2D eigenvalue weighted by Gasteiger charge is 2.14. The van der Waals surface area contributed by atoms with E-state index in [9.17, 15) is 8.78 Å². The molecule has 1 aromatic rings. The van der Waals surface area contributed by atoms with E-state index in [0.29, 0.717) is 5.56 Å². The highest BCUT2D eigenvalue weighted by atomic mass is 19.3. The van der Waals surface area contributed by atoms with E-state index in [1.165, 1.54) is 13.0 Å². The molecule has 0 aliphatic carbocycles. The molecule has 0 saturated carbocycles. The highest BCUT2D eigenvalue weighted by molar-refractivity contribution is 5.47. The third-order valence-corrected chi connectivity index (χ3v) is 1.82. The van der Waals surface area contributed by atoms with Crippen molar-refractivity contribution in [3.05, 3.63) is 23.0 Å². The van der Waals surface area contributed by atoms with Crippen LogP contribution >= 0.6 is 0 Å². The number of halogens is 2. The molecule has 0 spiro atoms. The summed E-state index contributed by atoms with van der Waals surface area (Å²) in [7, 11) is 0. The maximum atomic E-state index is 12.4. The molecule has 1 heterocycles. The SMILES string of the molecule is Cc1cc(N)c(CC#N)nc1C(F)F. The zero-order valence-corrected chi connectivity index (χ0v) is 7.59. The molecule has 0 amide bonds. The van der Waals surface area contributed by atoms with E-state index < -0.39 is 6.43 Å². The lowest BCUT2D eigenvalue weighted by molar-refractivity contribution is 0.145. The predicted octanol–water partition coefficient (Wildman–Crippen LogP) is 1.98. The molecule has 0 bridgehead atoms. The van der Waals surface area contributed by atoms with Crippen molar-refractivity contribution in [3.63, 3.8) is 0 Å². The summed E-state index contributed by atoms with van der Waals surface area (Å²) in [6.45, 7) is 1.51. The number of rotatable bonds is 2. The number of aryl methyl sites for hydroxylation is 1. The van der Waals surface area contributed by atoms with Gasteiger partial charge < -0.3 is 5.73 Å². The molecule has 0 fully saturated rings. The third kappa shape index (κ3) is 1.96. The van der Waals surface area contributed by atoms with Crippen LogP contribution in [0.1, 0.15) is 23.4 Å². The van der Waals surface area contributed by atoms with Gasteiger partial charge in [-0.25, -0.2) is 13.8 Å². The summed E-state index contributed by atoms with van der Waals surface area (Å²) in [5, 5.41) is 8.41. The Morgan fingerprint density at radius 1 is 1.64 bits per heavy atom. The standard InChI is InChI=1S/C9H9F2N3/c1-5-4-6(13)7(2-3-12)14-8(5)9(10)11/h4,9H,2,13H2,1H3. The highest BCUT2D eigenvalue weighted by Crippen LogP contribution is 2.23. The lowest BCUT2D eigenvalue weighted by atomic mass is 10.1. The van der Waals surface area contributed by atoms with Gasteiger partial charge in [0.15, 0.2) is 0 Å². The molecule has 3 nitrogen and oxygen atoms in total. The van der Waals surface area contributed by atoms with Gasteiger partial charge in [-0.1, -0.05) is 0 Å². The Kier molecular flexibility index (Phi) is 2.97. The number of hydrogen-bond donors (Lipinski definition) is 1. The van der Waals surface area contributed by atoms with Crippen molar-refractivity contribution in [2.45, 2.75) is 19.8 Å². The van der Waals surface area contributed by atoms with Gasteiger partial charge in [0, 0.05) is 0 Å². The number of anilines is 1. The predicted molar refractivity (Wildman–Crippen MR) is 47.7 cm³/mol. The van der Waals surface area contributed by atoms with Crippen LogP contribution in [-0.4, -0.2) is 4.98 Å². The fourth-order valence-electron chi connectivity index (χ4n) is 1.13. The Labute approximate surface area is 80.2 Å². The first-order valence-electron chi connectivity index (χ1n) is 3.97. The minimum Gasteiger partial charge on any atom is -0.397 e. The molecule has 74 valence electrons. The molecule has 0 atom stereocenters. The van der Waals surface area contributed by atoms with Gasteiger partial charge in [0.25, 0.3) is 6.43 Å². The van der Waals surface area contributed by atoms with E-state index in [1.807, 2.05) is 6.07 Å². The molecule has 2 N–H and O–H groups in total. The van der Waals surface area contributed by atoms with Crippen molar-refractivity contribution in [1.29, 1.82) is 5.26 Å². The van der Waals surface area contributed by atoms with Crippen LogP contribution in [0.2, 0.25) is 0 Å². The summed E-state index contributed by atoms with van der Waals surface area (Å²) < 4.78 is 24.8. The first kappa shape index (κ1) is 10.4. The van der Waals surface area contributed by atoms with Crippen molar-refractivity contribution in [2.24, 2.45) is 0 Å². The Morgan fingerprint density at radius 2 is 2.29 bits per heavy atom. The smallest absolute Gasteiger partial charge is 0.280 e. The van der Waals surface area contributed by atoms with Crippen LogP contribution < -0.4 is 5.73 Å². The Bertz CT molecular complexity index is 382. The van der Waals surface area contributed by atoms with Gasteiger partial charge in [0.1, 0.15) is 5.69 Å². The molecule has 14 heavy (non-hydrogen) atoms. The third-order valence-electron chi connectivity index (χ3n) is 1.82. The molecule has 0 unspecified atom stereocenters. The minimum atomic E-state index is -2.63. The molecule has 5 heteroatoms. The van der Waals surface area contributed by atoms with Crippen molar-refractivity contribution in [3.8, 4) is 6.07 Å². The number of nitrogen functional groups attached to an aromatic ring is 1. The average molecular weight is 197 g/mol. The maximum Gasteiger partial charge on any atom is 0.280 e. The van der Waals surface area contributed by atoms with Gasteiger partial charge in [-0.05, 0) is 18.6 Å². The summed E-state index contributed by atoms with van der Waals surface area (Å²) in [4.78, 5) is 3.66. The first-order chi connectivity index (χ1) is 6.56. The zero-order chi connectivity index (χ0) is 10.7. The normalized spacial score (nSPS) is 10.2. The van der Waals surface area contributed by atoms with E-state index in [2.05, 4.69) is 4.98 Å². The minimum absolute atomic E-state index is 0.0498. The van der Waals surface area contributed by atoms with Gasteiger partial charge in [-0.15, -0.1) is 0 Å². The molecular weight excluding hydrogens is 188 g/mol. The van der Waals surface area contributed by atoms with Gasteiger partial charge in [0.2, 0.25) is 0 Å². The van der Waals surface area contributed by atoms with Crippen LogP contribution in [0.25, 0.3) is 0 Å². The number of pyridine rings is 1. The first-order valence-corrected chi connectivity index (χ1v) is 3.97. The van der Waals surface area contributed by atoms with E-state index in [0.717, 1.165) is 0 Å². The Morgan fingerprint density at radius 3 is 2.79 bits per heavy atom. The van der Waals surface area contributed by atoms with Crippen LogP contribution in [-0.2, 0) is 6.42 Å². The molecular formula is C9H9F2N3. The topological polar surface area (TPSA) is 62.7 Å². The quantitative estimate of drug-likeness (QED) is 0.788. The molecule has 1 rings (SSSR count). The zero-order valence-electron chi connectivity index (χ0n) is 7.59. The van der Waals surface area contributed by atoms with Crippen LogP contribution in [0.15, 0.2) is 6.07 Å². The summed E-state index contributed by atoms with van der Waals surface area (Å²) in [5.74, 6) is 0. The van der Waals surface area contributed by atoms with E-state index in [4.69, 9.17) is 11.0 Å². The number of aromatic nitrogens is 1. The second-order valence-corrected chi connectivity index (χ2v) is 2.86. The monoisotopic (exact) mass is 197 g/mol. The lowest BCUT2D eigenvalue weighted by Gasteiger charge is -2.07. The molecule has 0 radical (unpaired) electrons. The fraction of sp³-hybridized carbons (Fsp3) is 0.333. The molecule has 1 aromatic heterocycles. The number of nitriles is 1. The second kappa shape index (κ2) is 4.01. The Hall–Kier alpha value is -1.70. The number of nitrogens with zero attached hydrogens (tertiary/aromatic N) is 2. The molecule has 0 saturated heterocycles. The summed E-state index contributed by atoms with van der Waals surface area (Å²) in [5.41, 5.74) is 6.06. The van der Waals surface area contributed by atoms with Crippen molar-refractivity contribution >= 4 is 5.69 Å². The molecule has 0 aliphatic rings. The average Bonchev–Trinajstić information content (AvgIpc) is 2.09. The molecule has 0 aliphatic heterocycles. The Balaban J connectivity index is 3.21. The van der Waals surface area contributed by atoms with E-state index in [-0.39, 0.29) is 23.5 Å². The summed E-state index contributed by atoms with van der Waals surface area (Å²) in [6.07, 6.45) is -2.68. The van der Waals surface area contributed by atoms with Crippen LogP contribution in [0.5, 0.6) is 0 Å². The summed E-state index contributed by atoms with van der Waals surface area (Å²) in [6, 6.07) is 3.24. The van der Waals surface area contributed by atoms with Crippen LogP contribution in [0.4, 0.5) is 14.5 Å². The molecule has 0 aromatic carbocycles. The fourth-order valence-corrected chi connectivity index (χ4v) is 1.13. The van der Waals surface area contributed by atoms with Crippen molar-refractivity contribution in [2.75, 3.05) is 5.73 Å². The maximum absolute atomic E-state index is 12.4. The van der Waals surface area contributed by atoms with Gasteiger partial charge in [-0.2, -0.15) is 5.26 Å². The largest absolute Gasteiger partial charge is 0.397 e. The van der Waals surface area contributed by atoms with Gasteiger partial charge >= 0.3 is 0 Å². The van der Waals surface area contributed by atoms with Gasteiger partial charge in [-0.3, -0.25) is 0 Å². The van der Waals surface area contributed by atoms with Crippen molar-refractivity contribution in [1.82, 2.24) is 4.98 Å². The number of alkyl halides is 2. The van der Waals surface area contributed by atoms with E-state index >= 15 is 0 Å². The number of nitrogens with two attached hydrogens (primary N) is 1. The second-order valence-electron chi connectivity index (χ2n) is 2.86. The van der Waals surface area contributed by atoms with Gasteiger partial charge in [0.05, 0.1) is 23.9 Å². The van der Waals surface area contributed by atoms with Crippen LogP contribution in [0.3, 0.4) is 0 Å². The van der Waals surface area contributed by atoms with Crippen LogP contribution in [0, 0.1) is 18.3 Å².